The maximum Gasteiger partial charge on any atom is 0.275 e. The second-order valence-corrected chi connectivity index (χ2v) is 6.75. The van der Waals surface area contributed by atoms with Crippen LogP contribution in [-0.4, -0.2) is 27.7 Å². The van der Waals surface area contributed by atoms with Gasteiger partial charge in [0.25, 0.3) is 5.56 Å². The number of hydrogen-bond acceptors (Lipinski definition) is 5. The number of fused-ring (bicyclic) bond motifs is 1. The highest BCUT2D eigenvalue weighted by Crippen LogP contribution is 2.28. The lowest BCUT2D eigenvalue weighted by Gasteiger charge is -2.29. The highest BCUT2D eigenvalue weighted by atomic mass is 32.1. The zero-order valence-electron chi connectivity index (χ0n) is 12.5. The minimum absolute atomic E-state index is 0.100. The summed E-state index contributed by atoms with van der Waals surface area (Å²) in [6, 6.07) is 1.46. The fourth-order valence-corrected chi connectivity index (χ4v) is 3.99. The van der Waals surface area contributed by atoms with Crippen molar-refractivity contribution in [2.45, 2.75) is 45.4 Å². The van der Waals surface area contributed by atoms with Crippen LogP contribution in [0.5, 0.6) is 0 Å². The molecule has 2 aromatic rings. The maximum absolute atomic E-state index is 11.8. The molecule has 21 heavy (non-hydrogen) atoms. The molecule has 1 aliphatic carbocycles. The van der Waals surface area contributed by atoms with Crippen molar-refractivity contribution in [3.63, 3.8) is 0 Å². The van der Waals surface area contributed by atoms with Crippen molar-refractivity contribution in [3.8, 4) is 0 Å². The van der Waals surface area contributed by atoms with E-state index in [1.54, 1.807) is 6.20 Å². The van der Waals surface area contributed by atoms with Gasteiger partial charge in [0.2, 0.25) is 10.1 Å². The highest BCUT2D eigenvalue weighted by Gasteiger charge is 2.20. The molecule has 0 N–H and O–H groups in total. The summed E-state index contributed by atoms with van der Waals surface area (Å²) in [5.74, 6) is 0.766. The Morgan fingerprint density at radius 3 is 2.90 bits per heavy atom. The normalized spacial score (nSPS) is 16.4. The molecule has 1 saturated carbocycles. The molecule has 2 heterocycles. The summed E-state index contributed by atoms with van der Waals surface area (Å²) in [5.41, 5.74) is -0.100. The standard InChI is InChI=1S/C15H22N4OS/c1-2-10-18(11-12-6-4-3-5-7-12)15-17-19-13(20)8-9-16-14(19)21-15/h8-9,12H,2-7,10-11H2,1H3. The molecular formula is C15H22N4OS. The zero-order chi connectivity index (χ0) is 14.7. The van der Waals surface area contributed by atoms with Crippen molar-refractivity contribution in [1.82, 2.24) is 14.6 Å². The first-order chi connectivity index (χ1) is 10.3. The molecule has 2 aromatic heterocycles. The third-order valence-corrected chi connectivity index (χ3v) is 5.11. The van der Waals surface area contributed by atoms with Crippen LogP contribution in [0.1, 0.15) is 45.4 Å². The van der Waals surface area contributed by atoms with E-state index in [0.29, 0.717) is 4.96 Å². The van der Waals surface area contributed by atoms with Crippen LogP contribution >= 0.6 is 11.3 Å². The Hall–Kier alpha value is -1.43. The lowest BCUT2D eigenvalue weighted by molar-refractivity contribution is 0.357. The van der Waals surface area contributed by atoms with Crippen molar-refractivity contribution in [3.05, 3.63) is 22.6 Å². The molecule has 0 bridgehead atoms. The van der Waals surface area contributed by atoms with E-state index in [9.17, 15) is 4.79 Å². The topological polar surface area (TPSA) is 50.5 Å². The summed E-state index contributed by atoms with van der Waals surface area (Å²) >= 11 is 1.51. The van der Waals surface area contributed by atoms with Gasteiger partial charge in [-0.3, -0.25) is 4.79 Å². The van der Waals surface area contributed by atoms with E-state index < -0.39 is 0 Å². The quantitative estimate of drug-likeness (QED) is 0.852. The fraction of sp³-hybridized carbons (Fsp3) is 0.667. The third kappa shape index (κ3) is 3.26. The molecule has 0 amide bonds. The average molecular weight is 306 g/mol. The van der Waals surface area contributed by atoms with E-state index in [1.165, 1.54) is 54.0 Å². The monoisotopic (exact) mass is 306 g/mol. The molecule has 114 valence electrons. The predicted octanol–water partition coefficient (Wildman–Crippen LogP) is 2.95. The van der Waals surface area contributed by atoms with Crippen LogP contribution in [0.2, 0.25) is 0 Å². The first-order valence-electron chi connectivity index (χ1n) is 7.87. The van der Waals surface area contributed by atoms with E-state index >= 15 is 0 Å². The van der Waals surface area contributed by atoms with Gasteiger partial charge in [-0.25, -0.2) is 4.98 Å². The number of nitrogens with zero attached hydrogens (tertiary/aromatic N) is 4. The fourth-order valence-electron chi connectivity index (χ4n) is 3.08. The van der Waals surface area contributed by atoms with Crippen molar-refractivity contribution >= 4 is 21.4 Å². The summed E-state index contributed by atoms with van der Waals surface area (Å²) in [4.78, 5) is 19.1. The summed E-state index contributed by atoms with van der Waals surface area (Å²) < 4.78 is 1.42. The van der Waals surface area contributed by atoms with Gasteiger partial charge in [0.1, 0.15) is 0 Å². The molecule has 0 radical (unpaired) electrons. The maximum atomic E-state index is 11.8. The smallest absolute Gasteiger partial charge is 0.275 e. The first kappa shape index (κ1) is 14.5. The van der Waals surface area contributed by atoms with E-state index in [2.05, 4.69) is 21.9 Å². The van der Waals surface area contributed by atoms with Gasteiger partial charge in [0.15, 0.2) is 0 Å². The lowest BCUT2D eigenvalue weighted by Crippen LogP contribution is -2.31. The van der Waals surface area contributed by atoms with E-state index in [0.717, 1.165) is 30.6 Å². The SMILES string of the molecule is CCCN(CC1CCCCC1)c1nn2c(=O)ccnc2s1. The summed E-state index contributed by atoms with van der Waals surface area (Å²) in [6.07, 6.45) is 9.38. The Morgan fingerprint density at radius 2 is 2.19 bits per heavy atom. The summed E-state index contributed by atoms with van der Waals surface area (Å²) in [7, 11) is 0. The molecule has 3 rings (SSSR count). The Morgan fingerprint density at radius 1 is 1.38 bits per heavy atom. The van der Waals surface area contributed by atoms with Gasteiger partial charge < -0.3 is 4.90 Å². The first-order valence-corrected chi connectivity index (χ1v) is 8.69. The van der Waals surface area contributed by atoms with E-state index in [1.807, 2.05) is 0 Å². The molecule has 0 saturated heterocycles. The summed E-state index contributed by atoms with van der Waals surface area (Å²) in [6.45, 7) is 4.24. The molecular weight excluding hydrogens is 284 g/mol. The molecule has 0 atom stereocenters. The molecule has 0 unspecified atom stereocenters. The highest BCUT2D eigenvalue weighted by molar-refractivity contribution is 7.20. The Bertz CT molecular complexity index is 644. The van der Waals surface area contributed by atoms with Crippen molar-refractivity contribution in [2.24, 2.45) is 5.92 Å². The van der Waals surface area contributed by atoms with Gasteiger partial charge in [0, 0.05) is 25.4 Å². The second-order valence-electron chi connectivity index (χ2n) is 5.81. The molecule has 0 aromatic carbocycles. The Balaban J connectivity index is 1.84. The largest absolute Gasteiger partial charge is 0.346 e. The van der Waals surface area contributed by atoms with Crippen LogP contribution in [0, 0.1) is 5.92 Å². The van der Waals surface area contributed by atoms with Crippen LogP contribution < -0.4 is 10.5 Å². The van der Waals surface area contributed by atoms with E-state index in [4.69, 9.17) is 0 Å². The van der Waals surface area contributed by atoms with Crippen LogP contribution in [0.3, 0.4) is 0 Å². The zero-order valence-corrected chi connectivity index (χ0v) is 13.3. The van der Waals surface area contributed by atoms with Crippen molar-refractivity contribution < 1.29 is 0 Å². The molecule has 0 spiro atoms. The van der Waals surface area contributed by atoms with E-state index in [-0.39, 0.29) is 5.56 Å². The molecule has 1 fully saturated rings. The predicted molar refractivity (Wildman–Crippen MR) is 86.2 cm³/mol. The summed E-state index contributed by atoms with van der Waals surface area (Å²) in [5, 5.41) is 5.41. The van der Waals surface area contributed by atoms with Crippen LogP contribution in [0.15, 0.2) is 17.1 Å². The Labute approximate surface area is 128 Å². The number of anilines is 1. The van der Waals surface area contributed by atoms with Gasteiger partial charge in [-0.15, -0.1) is 5.10 Å². The molecule has 6 heteroatoms. The van der Waals surface area contributed by atoms with Crippen LogP contribution in [-0.2, 0) is 0 Å². The molecule has 5 nitrogen and oxygen atoms in total. The average Bonchev–Trinajstić information content (AvgIpc) is 2.93. The minimum atomic E-state index is -0.100. The van der Waals surface area contributed by atoms with Gasteiger partial charge in [-0.1, -0.05) is 37.5 Å². The van der Waals surface area contributed by atoms with Gasteiger partial charge in [-0.05, 0) is 25.2 Å². The van der Waals surface area contributed by atoms with Crippen molar-refractivity contribution in [2.75, 3.05) is 18.0 Å². The molecule has 1 aliphatic rings. The second kappa shape index (κ2) is 6.56. The minimum Gasteiger partial charge on any atom is -0.346 e. The third-order valence-electron chi connectivity index (χ3n) is 4.13. The van der Waals surface area contributed by atoms with Crippen molar-refractivity contribution in [1.29, 1.82) is 0 Å². The molecule has 0 aliphatic heterocycles. The number of rotatable bonds is 5. The Kier molecular flexibility index (Phi) is 4.53. The number of hydrogen-bond donors (Lipinski definition) is 0. The van der Waals surface area contributed by atoms with Crippen LogP contribution in [0.25, 0.3) is 4.96 Å². The number of aromatic nitrogens is 3. The van der Waals surface area contributed by atoms with Gasteiger partial charge in [-0.2, -0.15) is 4.52 Å². The van der Waals surface area contributed by atoms with Gasteiger partial charge in [0.05, 0.1) is 0 Å². The lowest BCUT2D eigenvalue weighted by atomic mass is 9.89. The van der Waals surface area contributed by atoms with Gasteiger partial charge >= 0.3 is 0 Å². The van der Waals surface area contributed by atoms with Crippen LogP contribution in [0.4, 0.5) is 5.13 Å².